The number of nitrogens with zero attached hydrogens (tertiary/aromatic N) is 3. The molecule has 2 aliphatic rings. The molecule has 33 heavy (non-hydrogen) atoms. The third-order valence-electron chi connectivity index (χ3n) is 6.51. The molecule has 8 heteroatoms. The molecule has 0 spiro atoms. The number of carbonyl (C=O) groups excluding carboxylic acids is 2. The molecular formula is C25H37ClFN3O3. The van der Waals surface area contributed by atoms with Gasteiger partial charge in [-0.2, -0.15) is 0 Å². The van der Waals surface area contributed by atoms with Crippen molar-refractivity contribution in [2.24, 2.45) is 5.92 Å². The van der Waals surface area contributed by atoms with Gasteiger partial charge < -0.3 is 14.5 Å². The topological polar surface area (TPSA) is 53.1 Å². The van der Waals surface area contributed by atoms with E-state index in [1.807, 2.05) is 32.6 Å². The minimum atomic E-state index is -0.570. The van der Waals surface area contributed by atoms with Crippen LogP contribution in [0.4, 0.5) is 9.18 Å². The molecule has 1 aromatic carbocycles. The molecule has 1 aromatic rings. The van der Waals surface area contributed by atoms with E-state index in [0.29, 0.717) is 43.3 Å². The smallest absolute Gasteiger partial charge is 0.410 e. The standard InChI is InChI=1S/C25H37ClFN3O3/c1-16-13-28(10-11-30(16)23(32)33-25(5,6)7)22(31)20-15-29(24(2,3)4)14-19(20)18-9-8-17(26)12-21(18)27/h8-9,12,16,19-20H,10-11,13-15H2,1-7H3/t16-,19+,20-/m1/s1. The van der Waals surface area contributed by atoms with Crippen LogP contribution in [0.3, 0.4) is 0 Å². The van der Waals surface area contributed by atoms with Gasteiger partial charge in [0.2, 0.25) is 5.91 Å². The third kappa shape index (κ3) is 5.99. The molecule has 0 aliphatic carbocycles. The fourth-order valence-electron chi connectivity index (χ4n) is 4.70. The van der Waals surface area contributed by atoms with Crippen molar-refractivity contribution in [3.8, 4) is 0 Å². The number of likely N-dealkylation sites (tertiary alicyclic amines) is 1. The van der Waals surface area contributed by atoms with Crippen molar-refractivity contribution in [2.45, 2.75) is 71.6 Å². The zero-order valence-electron chi connectivity index (χ0n) is 20.8. The Balaban J connectivity index is 1.78. The van der Waals surface area contributed by atoms with Crippen LogP contribution in [0.25, 0.3) is 0 Å². The molecule has 2 heterocycles. The summed E-state index contributed by atoms with van der Waals surface area (Å²) in [5, 5.41) is 0.344. The van der Waals surface area contributed by atoms with E-state index >= 15 is 0 Å². The number of amides is 2. The molecule has 0 unspecified atom stereocenters. The Kier molecular flexibility index (Phi) is 7.35. The summed E-state index contributed by atoms with van der Waals surface area (Å²) >= 11 is 5.97. The number of hydrogen-bond donors (Lipinski definition) is 0. The van der Waals surface area contributed by atoms with Crippen LogP contribution in [0, 0.1) is 11.7 Å². The van der Waals surface area contributed by atoms with Crippen LogP contribution in [-0.2, 0) is 9.53 Å². The SMILES string of the molecule is C[C@@H]1CN(C(=O)[C@@H]2CN(C(C)(C)C)C[C@H]2c2ccc(Cl)cc2F)CCN1C(=O)OC(C)(C)C. The van der Waals surface area contributed by atoms with Gasteiger partial charge in [-0.05, 0) is 66.2 Å². The van der Waals surface area contributed by atoms with Crippen LogP contribution in [-0.4, -0.2) is 76.6 Å². The number of piperazine rings is 1. The van der Waals surface area contributed by atoms with Crippen molar-refractivity contribution >= 4 is 23.6 Å². The number of ether oxygens (including phenoxy) is 1. The Morgan fingerprint density at radius 3 is 2.27 bits per heavy atom. The van der Waals surface area contributed by atoms with E-state index in [4.69, 9.17) is 16.3 Å². The predicted octanol–water partition coefficient (Wildman–Crippen LogP) is 4.76. The second-order valence-electron chi connectivity index (χ2n) is 11.3. The van der Waals surface area contributed by atoms with Crippen molar-refractivity contribution in [3.05, 3.63) is 34.6 Å². The van der Waals surface area contributed by atoms with Gasteiger partial charge in [0.15, 0.2) is 0 Å². The highest BCUT2D eigenvalue weighted by atomic mass is 35.5. The first kappa shape index (κ1) is 25.8. The molecule has 0 N–H and O–H groups in total. The van der Waals surface area contributed by atoms with E-state index in [1.165, 1.54) is 6.07 Å². The van der Waals surface area contributed by atoms with Crippen LogP contribution in [0.2, 0.25) is 5.02 Å². The second kappa shape index (κ2) is 9.41. The highest BCUT2D eigenvalue weighted by Gasteiger charge is 2.45. The van der Waals surface area contributed by atoms with Gasteiger partial charge in [-0.15, -0.1) is 0 Å². The molecule has 2 saturated heterocycles. The first-order valence-electron chi connectivity index (χ1n) is 11.7. The number of hydrogen-bond acceptors (Lipinski definition) is 4. The summed E-state index contributed by atoms with van der Waals surface area (Å²) in [4.78, 5) is 32.0. The molecule has 6 nitrogen and oxygen atoms in total. The van der Waals surface area contributed by atoms with Crippen LogP contribution < -0.4 is 0 Å². The van der Waals surface area contributed by atoms with Gasteiger partial charge in [0.1, 0.15) is 11.4 Å². The van der Waals surface area contributed by atoms with Crippen molar-refractivity contribution in [1.82, 2.24) is 14.7 Å². The molecule has 3 rings (SSSR count). The lowest BCUT2D eigenvalue weighted by atomic mass is 9.87. The lowest BCUT2D eigenvalue weighted by Crippen LogP contribution is -2.57. The average Bonchev–Trinajstić information content (AvgIpc) is 3.11. The summed E-state index contributed by atoms with van der Waals surface area (Å²) in [6.45, 7) is 16.2. The summed E-state index contributed by atoms with van der Waals surface area (Å²) in [7, 11) is 0. The van der Waals surface area contributed by atoms with Crippen LogP contribution in [0.15, 0.2) is 18.2 Å². The molecule has 2 aliphatic heterocycles. The maximum Gasteiger partial charge on any atom is 0.410 e. The summed E-state index contributed by atoms with van der Waals surface area (Å²) in [6, 6.07) is 4.55. The van der Waals surface area contributed by atoms with E-state index in [1.54, 1.807) is 17.0 Å². The summed E-state index contributed by atoms with van der Waals surface area (Å²) < 4.78 is 20.4. The Hall–Kier alpha value is -1.86. The first-order chi connectivity index (χ1) is 15.2. The molecular weight excluding hydrogens is 445 g/mol. The molecule has 0 bridgehead atoms. The quantitative estimate of drug-likeness (QED) is 0.611. The first-order valence-corrected chi connectivity index (χ1v) is 12.0. The summed E-state index contributed by atoms with van der Waals surface area (Å²) in [5.74, 6) is -0.977. The highest BCUT2D eigenvalue weighted by molar-refractivity contribution is 6.30. The van der Waals surface area contributed by atoms with Crippen molar-refractivity contribution in [1.29, 1.82) is 0 Å². The van der Waals surface area contributed by atoms with Gasteiger partial charge >= 0.3 is 6.09 Å². The Bertz CT molecular complexity index is 896. The van der Waals surface area contributed by atoms with E-state index in [0.717, 1.165) is 0 Å². The molecule has 184 valence electrons. The minimum Gasteiger partial charge on any atom is -0.444 e. The van der Waals surface area contributed by atoms with Gasteiger partial charge in [-0.3, -0.25) is 9.69 Å². The molecule has 3 atom stereocenters. The van der Waals surface area contributed by atoms with Crippen LogP contribution in [0.5, 0.6) is 0 Å². The fourth-order valence-corrected chi connectivity index (χ4v) is 4.86. The summed E-state index contributed by atoms with van der Waals surface area (Å²) in [5.41, 5.74) is -0.177. The molecule has 0 saturated carbocycles. The fraction of sp³-hybridized carbons (Fsp3) is 0.680. The van der Waals surface area contributed by atoms with Gasteiger partial charge in [0.25, 0.3) is 0 Å². The molecule has 2 fully saturated rings. The minimum absolute atomic E-state index is 0.0109. The normalized spacial score (nSPS) is 24.8. The van der Waals surface area contributed by atoms with Crippen LogP contribution >= 0.6 is 11.6 Å². The number of halogens is 2. The van der Waals surface area contributed by atoms with E-state index in [-0.39, 0.29) is 41.2 Å². The third-order valence-corrected chi connectivity index (χ3v) is 6.75. The van der Waals surface area contributed by atoms with E-state index in [9.17, 15) is 14.0 Å². The summed E-state index contributed by atoms with van der Waals surface area (Å²) in [6.07, 6.45) is -0.358. The molecule has 0 aromatic heterocycles. The Labute approximate surface area is 202 Å². The van der Waals surface area contributed by atoms with Gasteiger partial charge in [0.05, 0.1) is 5.92 Å². The van der Waals surface area contributed by atoms with Crippen molar-refractivity contribution < 1.29 is 18.7 Å². The Morgan fingerprint density at radius 1 is 1.06 bits per heavy atom. The Morgan fingerprint density at radius 2 is 1.73 bits per heavy atom. The second-order valence-corrected chi connectivity index (χ2v) is 11.7. The monoisotopic (exact) mass is 481 g/mol. The maximum atomic E-state index is 14.9. The molecule has 2 amide bonds. The maximum absolute atomic E-state index is 14.9. The average molecular weight is 482 g/mol. The lowest BCUT2D eigenvalue weighted by molar-refractivity contribution is -0.138. The number of carbonyl (C=O) groups is 2. The molecule has 0 radical (unpaired) electrons. The zero-order valence-corrected chi connectivity index (χ0v) is 21.6. The number of rotatable bonds is 2. The van der Waals surface area contributed by atoms with Crippen molar-refractivity contribution in [2.75, 3.05) is 32.7 Å². The van der Waals surface area contributed by atoms with Gasteiger partial charge in [-0.1, -0.05) is 17.7 Å². The number of benzene rings is 1. The predicted molar refractivity (Wildman–Crippen MR) is 128 cm³/mol. The van der Waals surface area contributed by atoms with E-state index < -0.39 is 5.60 Å². The largest absolute Gasteiger partial charge is 0.444 e. The van der Waals surface area contributed by atoms with Crippen molar-refractivity contribution in [3.63, 3.8) is 0 Å². The van der Waals surface area contributed by atoms with Gasteiger partial charge in [0, 0.05) is 55.2 Å². The highest BCUT2D eigenvalue weighted by Crippen LogP contribution is 2.39. The lowest BCUT2D eigenvalue weighted by Gasteiger charge is -2.41. The zero-order chi connectivity index (χ0) is 24.7. The van der Waals surface area contributed by atoms with E-state index in [2.05, 4.69) is 25.7 Å². The van der Waals surface area contributed by atoms with Gasteiger partial charge in [-0.25, -0.2) is 9.18 Å². The van der Waals surface area contributed by atoms with Crippen LogP contribution in [0.1, 0.15) is 59.9 Å².